The first kappa shape index (κ1) is 14.5. The average Bonchev–Trinajstić information content (AvgIpc) is 2.43. The summed E-state index contributed by atoms with van der Waals surface area (Å²) >= 11 is 0. The second kappa shape index (κ2) is 7.68. The van der Waals surface area contributed by atoms with Crippen LogP contribution in [0.1, 0.15) is 24.8 Å². The highest BCUT2D eigenvalue weighted by Crippen LogP contribution is 2.14. The third-order valence-electron chi connectivity index (χ3n) is 2.87. The smallest absolute Gasteiger partial charge is 0.147 e. The van der Waals surface area contributed by atoms with Gasteiger partial charge in [0.05, 0.1) is 12.0 Å². The van der Waals surface area contributed by atoms with Gasteiger partial charge in [-0.15, -0.1) is 0 Å². The molecule has 0 heterocycles. The van der Waals surface area contributed by atoms with Gasteiger partial charge >= 0.3 is 0 Å². The first-order valence-electron chi connectivity index (χ1n) is 6.10. The zero-order valence-electron chi connectivity index (χ0n) is 10.6. The molecule has 1 aromatic rings. The largest absolute Gasteiger partial charge is 0.409 e. The van der Waals surface area contributed by atoms with Crippen LogP contribution in [-0.4, -0.2) is 35.3 Å². The zero-order chi connectivity index (χ0) is 13.4. The Labute approximate surface area is 107 Å². The lowest BCUT2D eigenvalue weighted by molar-refractivity contribution is 0.167. The number of nitrogens with one attached hydrogen (secondary N) is 1. The summed E-state index contributed by atoms with van der Waals surface area (Å²) in [4.78, 5) is 0. The lowest BCUT2D eigenvalue weighted by Gasteiger charge is -2.18. The molecular formula is C13H21N3O2. The molecule has 1 rings (SSSR count). The molecule has 2 unspecified atom stereocenters. The summed E-state index contributed by atoms with van der Waals surface area (Å²) in [6.45, 7) is 2.94. The Morgan fingerprint density at radius 1 is 1.33 bits per heavy atom. The molecule has 1 aromatic carbocycles. The molecule has 0 fully saturated rings. The number of rotatable bonds is 7. The van der Waals surface area contributed by atoms with Crippen molar-refractivity contribution in [3.05, 3.63) is 35.9 Å². The molecule has 0 aromatic heterocycles. The van der Waals surface area contributed by atoms with Gasteiger partial charge in [0.15, 0.2) is 0 Å². The summed E-state index contributed by atoms with van der Waals surface area (Å²) in [6, 6.07) is 9.60. The van der Waals surface area contributed by atoms with Crippen LogP contribution in [0.4, 0.5) is 0 Å². The number of amidine groups is 1. The number of nitrogens with zero attached hydrogens (tertiary/aromatic N) is 1. The minimum atomic E-state index is -0.367. The van der Waals surface area contributed by atoms with Crippen molar-refractivity contribution in [2.75, 3.05) is 13.1 Å². The summed E-state index contributed by atoms with van der Waals surface area (Å²) in [6.07, 6.45) is 0.334. The Hall–Kier alpha value is -1.59. The molecule has 0 amide bonds. The fraction of sp³-hybridized carbons (Fsp3) is 0.462. The van der Waals surface area contributed by atoms with E-state index in [2.05, 4.69) is 10.5 Å². The van der Waals surface area contributed by atoms with Crippen LogP contribution in [0.15, 0.2) is 35.5 Å². The molecule has 0 aliphatic heterocycles. The molecule has 2 atom stereocenters. The molecule has 100 valence electrons. The van der Waals surface area contributed by atoms with Crippen LogP contribution < -0.4 is 11.1 Å². The second-order valence-corrected chi connectivity index (χ2v) is 4.21. The average molecular weight is 251 g/mol. The van der Waals surface area contributed by atoms with E-state index >= 15 is 0 Å². The predicted molar refractivity (Wildman–Crippen MR) is 71.8 cm³/mol. The van der Waals surface area contributed by atoms with Crippen LogP contribution in [0.3, 0.4) is 0 Å². The van der Waals surface area contributed by atoms with Gasteiger partial charge in [0.1, 0.15) is 5.84 Å². The van der Waals surface area contributed by atoms with Crippen molar-refractivity contribution < 1.29 is 10.3 Å². The van der Waals surface area contributed by atoms with E-state index in [4.69, 9.17) is 10.9 Å². The molecule has 5 nitrogen and oxygen atoms in total. The van der Waals surface area contributed by atoms with Gasteiger partial charge < -0.3 is 21.4 Å². The van der Waals surface area contributed by atoms with Crippen LogP contribution in [0.2, 0.25) is 0 Å². The lowest BCUT2D eigenvalue weighted by Crippen LogP contribution is -2.35. The predicted octanol–water partition coefficient (Wildman–Crippen LogP) is 0.877. The second-order valence-electron chi connectivity index (χ2n) is 4.21. The lowest BCUT2D eigenvalue weighted by atomic mass is 9.98. The third kappa shape index (κ3) is 4.35. The van der Waals surface area contributed by atoms with Crippen LogP contribution in [-0.2, 0) is 0 Å². The van der Waals surface area contributed by atoms with Crippen LogP contribution in [0.5, 0.6) is 0 Å². The normalized spacial score (nSPS) is 15.3. The topological polar surface area (TPSA) is 90.9 Å². The summed E-state index contributed by atoms with van der Waals surface area (Å²) in [7, 11) is 0. The highest BCUT2D eigenvalue weighted by atomic mass is 16.4. The minimum absolute atomic E-state index is 0.166. The van der Waals surface area contributed by atoms with Crippen molar-refractivity contribution in [1.82, 2.24) is 5.32 Å². The molecule has 0 radical (unpaired) electrons. The van der Waals surface area contributed by atoms with Gasteiger partial charge in [0.25, 0.3) is 0 Å². The maximum Gasteiger partial charge on any atom is 0.147 e. The molecule has 18 heavy (non-hydrogen) atoms. The number of nitrogens with two attached hydrogens (primary N) is 1. The minimum Gasteiger partial charge on any atom is -0.409 e. The molecule has 0 saturated carbocycles. The Morgan fingerprint density at radius 2 is 2.00 bits per heavy atom. The molecule has 0 bridgehead atoms. The Morgan fingerprint density at radius 3 is 2.56 bits per heavy atom. The quantitative estimate of drug-likeness (QED) is 0.250. The van der Waals surface area contributed by atoms with Crippen molar-refractivity contribution in [1.29, 1.82) is 0 Å². The van der Waals surface area contributed by atoms with Gasteiger partial charge in [-0.25, -0.2) is 0 Å². The van der Waals surface area contributed by atoms with Crippen molar-refractivity contribution in [3.63, 3.8) is 0 Å². The maximum atomic E-state index is 9.46. The first-order valence-corrected chi connectivity index (χ1v) is 6.10. The number of aliphatic hydroxyl groups is 1. The van der Waals surface area contributed by atoms with Gasteiger partial charge in [-0.2, -0.15) is 0 Å². The van der Waals surface area contributed by atoms with Crippen LogP contribution >= 0.6 is 0 Å². The summed E-state index contributed by atoms with van der Waals surface area (Å²) in [5.41, 5.74) is 6.67. The van der Waals surface area contributed by atoms with E-state index in [1.54, 1.807) is 0 Å². The van der Waals surface area contributed by atoms with E-state index in [1.165, 1.54) is 0 Å². The van der Waals surface area contributed by atoms with E-state index in [0.717, 1.165) is 5.56 Å². The maximum absolute atomic E-state index is 9.46. The standard InChI is InChI=1S/C13H21N3O2/c1-2-11(17)8-15-9-12(13(14)16-18)10-6-4-3-5-7-10/h3-7,11-12,15,17-18H,2,8-9H2,1H3,(H2,14,16). The molecule has 0 aliphatic carbocycles. The summed E-state index contributed by atoms with van der Waals surface area (Å²) in [5.74, 6) is -0.0278. The fourth-order valence-corrected chi connectivity index (χ4v) is 1.69. The van der Waals surface area contributed by atoms with Crippen LogP contribution in [0.25, 0.3) is 0 Å². The van der Waals surface area contributed by atoms with Crippen LogP contribution in [0, 0.1) is 0 Å². The number of aliphatic hydroxyl groups excluding tert-OH is 1. The third-order valence-corrected chi connectivity index (χ3v) is 2.87. The van der Waals surface area contributed by atoms with E-state index < -0.39 is 0 Å². The molecule has 0 aliphatic rings. The number of hydrogen-bond donors (Lipinski definition) is 4. The number of benzene rings is 1. The molecule has 0 saturated heterocycles. The number of oxime groups is 1. The van der Waals surface area contributed by atoms with E-state index in [1.807, 2.05) is 37.3 Å². The van der Waals surface area contributed by atoms with Gasteiger partial charge in [-0.05, 0) is 12.0 Å². The van der Waals surface area contributed by atoms with Crippen molar-refractivity contribution in [2.24, 2.45) is 10.9 Å². The molecule has 5 heteroatoms. The SMILES string of the molecule is CCC(O)CNCC(/C(N)=N/O)c1ccccc1. The van der Waals surface area contributed by atoms with Gasteiger partial charge in [-0.1, -0.05) is 42.4 Å². The van der Waals surface area contributed by atoms with Gasteiger partial charge in [0.2, 0.25) is 0 Å². The van der Waals surface area contributed by atoms with Crippen molar-refractivity contribution >= 4 is 5.84 Å². The summed E-state index contributed by atoms with van der Waals surface area (Å²) in [5, 5.41) is 24.5. The highest BCUT2D eigenvalue weighted by molar-refractivity contribution is 5.87. The van der Waals surface area contributed by atoms with E-state index in [9.17, 15) is 5.11 Å². The molecule has 0 spiro atoms. The van der Waals surface area contributed by atoms with Crippen molar-refractivity contribution in [2.45, 2.75) is 25.4 Å². The first-order chi connectivity index (χ1) is 8.69. The van der Waals surface area contributed by atoms with E-state index in [0.29, 0.717) is 19.5 Å². The van der Waals surface area contributed by atoms with Gasteiger partial charge in [-0.3, -0.25) is 0 Å². The monoisotopic (exact) mass is 251 g/mol. The van der Waals surface area contributed by atoms with Crippen molar-refractivity contribution in [3.8, 4) is 0 Å². The number of hydrogen-bond acceptors (Lipinski definition) is 4. The highest BCUT2D eigenvalue weighted by Gasteiger charge is 2.16. The van der Waals surface area contributed by atoms with Gasteiger partial charge in [0, 0.05) is 13.1 Å². The fourth-order valence-electron chi connectivity index (χ4n) is 1.69. The zero-order valence-corrected chi connectivity index (χ0v) is 10.6. The Balaban J connectivity index is 2.63. The Bertz CT molecular complexity index is 368. The van der Waals surface area contributed by atoms with E-state index in [-0.39, 0.29) is 17.9 Å². The summed E-state index contributed by atoms with van der Waals surface area (Å²) < 4.78 is 0. The Kier molecular flexibility index (Phi) is 6.18. The molecular weight excluding hydrogens is 230 g/mol. The molecule has 5 N–H and O–H groups in total.